The molecule has 0 atom stereocenters. The Balaban J connectivity index is 2.85. The van der Waals surface area contributed by atoms with Crippen LogP contribution in [-0.2, 0) is 0 Å². The Morgan fingerprint density at radius 3 is 2.50 bits per heavy atom. The Labute approximate surface area is 64.6 Å². The Morgan fingerprint density at radius 2 is 2.00 bits per heavy atom. The van der Waals surface area contributed by atoms with Crippen molar-refractivity contribution in [3.8, 4) is 0 Å². The molecule has 0 saturated heterocycles. The minimum Gasteiger partial charge on any atom is -0.878 e. The third-order valence-corrected chi connectivity index (χ3v) is 1.50. The maximum atomic E-state index is 9.95. The minimum atomic E-state index is 0.486. The quantitative estimate of drug-likeness (QED) is 0.524. The van der Waals surface area contributed by atoms with E-state index in [4.69, 9.17) is 11.6 Å². The maximum absolute atomic E-state index is 9.95. The maximum Gasteiger partial charge on any atom is 0.0466 e. The van der Waals surface area contributed by atoms with Crippen LogP contribution in [0.5, 0.6) is 0 Å². The van der Waals surface area contributed by atoms with E-state index in [1.807, 2.05) is 24.3 Å². The molecule has 1 nitrogen and oxygen atoms in total. The molecule has 0 fully saturated rings. The summed E-state index contributed by atoms with van der Waals surface area (Å²) in [4.78, 5) is 0. The fourth-order valence-corrected chi connectivity index (χ4v) is 0.867. The molecule has 52 valence electrons. The van der Waals surface area contributed by atoms with E-state index in [-0.39, 0.29) is 0 Å². The molecule has 0 amide bonds. The Bertz CT molecular complexity index is 220. The zero-order chi connectivity index (χ0) is 7.40. The number of halogens is 1. The van der Waals surface area contributed by atoms with Crippen LogP contribution < -0.4 is 5.11 Å². The lowest BCUT2D eigenvalue weighted by Crippen LogP contribution is -1.84. The normalized spacial score (nSPS) is 15.5. The van der Waals surface area contributed by atoms with Gasteiger partial charge in [0.2, 0.25) is 0 Å². The van der Waals surface area contributed by atoms with Crippen molar-refractivity contribution in [2.75, 3.05) is 0 Å². The van der Waals surface area contributed by atoms with Gasteiger partial charge in [-0.25, -0.2) is 0 Å². The monoisotopic (exact) mass is 153 g/mol. The lowest BCUT2D eigenvalue weighted by atomic mass is 10.3. The standard InChI is InChI=1S/C8H7ClO/c9-8(5-6-10)7-3-1-2-4-7/h1-6,10H/p-1/b6-5+. The van der Waals surface area contributed by atoms with E-state index in [2.05, 4.69) is 0 Å². The molecule has 0 saturated carbocycles. The van der Waals surface area contributed by atoms with Crippen molar-refractivity contribution in [2.24, 2.45) is 0 Å². The molecule has 0 radical (unpaired) electrons. The molecule has 0 aromatic rings. The highest BCUT2D eigenvalue weighted by Gasteiger charge is 1.95. The average Bonchev–Trinajstić information content (AvgIpc) is 2.38. The first-order valence-corrected chi connectivity index (χ1v) is 3.25. The molecular weight excluding hydrogens is 148 g/mol. The summed E-state index contributed by atoms with van der Waals surface area (Å²) in [6.07, 6.45) is 9.45. The molecule has 1 rings (SSSR count). The van der Waals surface area contributed by atoms with Crippen molar-refractivity contribution < 1.29 is 5.11 Å². The second-order valence-corrected chi connectivity index (χ2v) is 2.23. The zero-order valence-corrected chi connectivity index (χ0v) is 6.01. The summed E-state index contributed by atoms with van der Waals surface area (Å²) >= 11 is 5.68. The summed E-state index contributed by atoms with van der Waals surface area (Å²) in [5.74, 6) is 0. The molecule has 0 spiro atoms. The smallest absolute Gasteiger partial charge is 0.0466 e. The molecule has 1 aliphatic carbocycles. The van der Waals surface area contributed by atoms with Crippen LogP contribution in [0, 0.1) is 0 Å². The molecule has 0 N–H and O–H groups in total. The van der Waals surface area contributed by atoms with Crippen LogP contribution >= 0.6 is 11.6 Å². The second kappa shape index (κ2) is 3.28. The van der Waals surface area contributed by atoms with Crippen LogP contribution in [0.2, 0.25) is 0 Å². The Hall–Kier alpha value is -0.950. The van der Waals surface area contributed by atoms with Gasteiger partial charge in [-0.05, 0) is 5.57 Å². The molecule has 0 unspecified atom stereocenters. The molecule has 0 aromatic carbocycles. The average molecular weight is 154 g/mol. The summed E-state index contributed by atoms with van der Waals surface area (Å²) in [6, 6.07) is 0. The highest BCUT2D eigenvalue weighted by molar-refractivity contribution is 6.32. The first-order valence-electron chi connectivity index (χ1n) is 2.87. The molecule has 2 heteroatoms. The molecule has 1 aliphatic rings. The van der Waals surface area contributed by atoms with Crippen molar-refractivity contribution in [1.29, 1.82) is 0 Å². The topological polar surface area (TPSA) is 23.1 Å². The van der Waals surface area contributed by atoms with Gasteiger partial charge in [-0.1, -0.05) is 42.0 Å². The van der Waals surface area contributed by atoms with Crippen molar-refractivity contribution in [2.45, 2.75) is 0 Å². The Kier molecular flexibility index (Phi) is 2.35. The van der Waals surface area contributed by atoms with Crippen LogP contribution in [0.15, 0.2) is 47.2 Å². The summed E-state index contributed by atoms with van der Waals surface area (Å²) < 4.78 is 0. The van der Waals surface area contributed by atoms with Crippen molar-refractivity contribution in [3.05, 3.63) is 47.2 Å². The van der Waals surface area contributed by atoms with Gasteiger partial charge in [0.15, 0.2) is 0 Å². The van der Waals surface area contributed by atoms with Gasteiger partial charge >= 0.3 is 0 Å². The van der Waals surface area contributed by atoms with Crippen LogP contribution in [0.1, 0.15) is 0 Å². The highest BCUT2D eigenvalue weighted by Crippen LogP contribution is 2.16. The third-order valence-electron chi connectivity index (χ3n) is 1.15. The predicted octanol–water partition coefficient (Wildman–Crippen LogP) is 1.48. The first kappa shape index (κ1) is 7.16. The lowest BCUT2D eigenvalue weighted by Gasteiger charge is -1.93. The molecule has 0 heterocycles. The largest absolute Gasteiger partial charge is 0.878 e. The van der Waals surface area contributed by atoms with Crippen molar-refractivity contribution >= 4 is 11.6 Å². The van der Waals surface area contributed by atoms with E-state index in [1.165, 1.54) is 6.08 Å². The van der Waals surface area contributed by atoms with Gasteiger partial charge < -0.3 is 5.11 Å². The van der Waals surface area contributed by atoms with Crippen LogP contribution in [-0.4, -0.2) is 0 Å². The molecule has 0 aliphatic heterocycles. The van der Waals surface area contributed by atoms with E-state index in [1.54, 1.807) is 0 Å². The molecular formula is C8H6ClO-. The molecule has 0 aromatic heterocycles. The van der Waals surface area contributed by atoms with Crippen LogP contribution in [0.25, 0.3) is 0 Å². The molecule has 0 bridgehead atoms. The van der Waals surface area contributed by atoms with Gasteiger partial charge in [0.1, 0.15) is 0 Å². The highest BCUT2D eigenvalue weighted by atomic mass is 35.5. The van der Waals surface area contributed by atoms with Crippen molar-refractivity contribution in [1.82, 2.24) is 0 Å². The van der Waals surface area contributed by atoms with Gasteiger partial charge in [0.25, 0.3) is 0 Å². The summed E-state index contributed by atoms with van der Waals surface area (Å²) in [5.41, 5.74) is 0.883. The number of hydrogen-bond donors (Lipinski definition) is 0. The van der Waals surface area contributed by atoms with Gasteiger partial charge in [0.05, 0.1) is 0 Å². The number of hydrogen-bond acceptors (Lipinski definition) is 1. The minimum absolute atomic E-state index is 0.486. The number of rotatable bonds is 1. The van der Waals surface area contributed by atoms with E-state index < -0.39 is 0 Å². The fourth-order valence-electron chi connectivity index (χ4n) is 0.689. The predicted molar refractivity (Wildman–Crippen MR) is 40.3 cm³/mol. The Morgan fingerprint density at radius 1 is 1.40 bits per heavy atom. The summed E-state index contributed by atoms with van der Waals surface area (Å²) in [6.45, 7) is 0. The van der Waals surface area contributed by atoms with Gasteiger partial charge in [-0.2, -0.15) is 0 Å². The summed E-state index contributed by atoms with van der Waals surface area (Å²) in [5, 5.41) is 10.4. The third kappa shape index (κ3) is 1.52. The SMILES string of the molecule is [O-]/C=C/C(Cl)=C1C=CC=C1. The van der Waals surface area contributed by atoms with Gasteiger partial charge in [0, 0.05) is 5.03 Å². The van der Waals surface area contributed by atoms with Crippen LogP contribution in [0.3, 0.4) is 0 Å². The van der Waals surface area contributed by atoms with Gasteiger partial charge in [-0.3, -0.25) is 0 Å². The van der Waals surface area contributed by atoms with E-state index >= 15 is 0 Å². The first-order chi connectivity index (χ1) is 4.84. The lowest BCUT2D eigenvalue weighted by molar-refractivity contribution is -0.274. The van der Waals surface area contributed by atoms with Crippen molar-refractivity contribution in [3.63, 3.8) is 0 Å². The number of allylic oxidation sites excluding steroid dienone is 7. The summed E-state index contributed by atoms with van der Waals surface area (Å²) in [7, 11) is 0. The fraction of sp³-hybridized carbons (Fsp3) is 0. The van der Waals surface area contributed by atoms with E-state index in [0.29, 0.717) is 11.3 Å². The zero-order valence-electron chi connectivity index (χ0n) is 5.25. The van der Waals surface area contributed by atoms with E-state index in [0.717, 1.165) is 5.57 Å². The van der Waals surface area contributed by atoms with E-state index in [9.17, 15) is 5.11 Å². The van der Waals surface area contributed by atoms with Gasteiger partial charge in [-0.15, -0.1) is 6.26 Å². The molecule has 10 heavy (non-hydrogen) atoms. The van der Waals surface area contributed by atoms with Crippen LogP contribution in [0.4, 0.5) is 0 Å². The second-order valence-electron chi connectivity index (χ2n) is 1.82.